The Kier molecular flexibility index (Phi) is 4.34. The molecule has 0 spiro atoms. The van der Waals surface area contributed by atoms with E-state index in [1.165, 1.54) is 0 Å². The quantitative estimate of drug-likeness (QED) is 0.916. The minimum atomic E-state index is 0.468. The van der Waals surface area contributed by atoms with E-state index in [0.717, 1.165) is 30.4 Å². The Balaban J connectivity index is 2.25. The lowest BCUT2D eigenvalue weighted by molar-refractivity contribution is 0.689. The van der Waals surface area contributed by atoms with Gasteiger partial charge in [0.2, 0.25) is 5.95 Å². The maximum Gasteiger partial charge on any atom is 0.224 e. The Morgan fingerprint density at radius 3 is 3.18 bits per heavy atom. The van der Waals surface area contributed by atoms with Crippen LogP contribution in [0.25, 0.3) is 0 Å². The van der Waals surface area contributed by atoms with Gasteiger partial charge in [0.15, 0.2) is 5.82 Å². The van der Waals surface area contributed by atoms with Crippen LogP contribution in [0.4, 0.5) is 11.8 Å². The fourth-order valence-corrected chi connectivity index (χ4v) is 3.06. The van der Waals surface area contributed by atoms with Gasteiger partial charge < -0.3 is 10.2 Å². The maximum atomic E-state index is 6.19. The molecule has 0 saturated carbocycles. The average Bonchev–Trinajstić information content (AvgIpc) is 2.33. The maximum absolute atomic E-state index is 6.19. The fourth-order valence-electron chi connectivity index (χ4n) is 1.84. The highest BCUT2D eigenvalue weighted by Crippen LogP contribution is 2.28. The summed E-state index contributed by atoms with van der Waals surface area (Å²) in [5, 5.41) is 3.75. The first-order valence-electron chi connectivity index (χ1n) is 5.83. The van der Waals surface area contributed by atoms with Crippen molar-refractivity contribution in [2.75, 3.05) is 34.8 Å². The topological polar surface area (TPSA) is 41.1 Å². The van der Waals surface area contributed by atoms with Gasteiger partial charge in [0.1, 0.15) is 5.02 Å². The van der Waals surface area contributed by atoms with E-state index < -0.39 is 0 Å². The number of nitrogens with one attached hydrogen (secondary N) is 1. The number of hydrogen-bond donors (Lipinski definition) is 1. The summed E-state index contributed by atoms with van der Waals surface area (Å²) in [6.07, 6.45) is 1.68. The molecule has 4 nitrogen and oxygen atoms in total. The Labute approximate surface area is 111 Å². The monoisotopic (exact) mass is 272 g/mol. The normalized spacial score (nSPS) is 20.4. The summed E-state index contributed by atoms with van der Waals surface area (Å²) < 4.78 is 0. The summed E-state index contributed by atoms with van der Waals surface area (Å²) >= 11 is 8.17. The van der Waals surface area contributed by atoms with Crippen molar-refractivity contribution in [3.8, 4) is 0 Å². The molecule has 1 aliphatic rings. The van der Waals surface area contributed by atoms with Crippen molar-refractivity contribution in [1.29, 1.82) is 0 Å². The SMILES string of the molecule is CCNc1ncc(Cl)c(N2CCSCC2C)n1. The first-order chi connectivity index (χ1) is 8.22. The third-order valence-corrected chi connectivity index (χ3v) is 4.16. The molecule has 94 valence electrons. The summed E-state index contributed by atoms with van der Waals surface area (Å²) in [5.74, 6) is 3.75. The minimum Gasteiger partial charge on any atom is -0.354 e. The number of halogens is 1. The van der Waals surface area contributed by atoms with Gasteiger partial charge in [-0.3, -0.25) is 0 Å². The van der Waals surface area contributed by atoms with Crippen molar-refractivity contribution >= 4 is 35.1 Å². The molecular formula is C11H17ClN4S. The largest absolute Gasteiger partial charge is 0.354 e. The average molecular weight is 273 g/mol. The van der Waals surface area contributed by atoms with E-state index in [4.69, 9.17) is 11.6 Å². The number of rotatable bonds is 3. The fraction of sp³-hybridized carbons (Fsp3) is 0.636. The van der Waals surface area contributed by atoms with E-state index >= 15 is 0 Å². The third kappa shape index (κ3) is 2.96. The number of hydrogen-bond acceptors (Lipinski definition) is 5. The van der Waals surface area contributed by atoms with Crippen molar-refractivity contribution in [2.24, 2.45) is 0 Å². The number of thioether (sulfide) groups is 1. The molecule has 1 aromatic rings. The van der Waals surface area contributed by atoms with Gasteiger partial charge in [0.25, 0.3) is 0 Å². The predicted molar refractivity (Wildman–Crippen MR) is 75.3 cm³/mol. The summed E-state index contributed by atoms with van der Waals surface area (Å²) in [6.45, 7) is 6.04. The van der Waals surface area contributed by atoms with E-state index in [1.54, 1.807) is 6.20 Å². The Morgan fingerprint density at radius 2 is 2.47 bits per heavy atom. The van der Waals surface area contributed by atoms with Crippen LogP contribution in [0.3, 0.4) is 0 Å². The molecule has 0 radical (unpaired) electrons. The van der Waals surface area contributed by atoms with Gasteiger partial charge in [-0.25, -0.2) is 4.98 Å². The van der Waals surface area contributed by atoms with Crippen LogP contribution in [-0.2, 0) is 0 Å². The Bertz CT molecular complexity index is 388. The second kappa shape index (κ2) is 5.78. The minimum absolute atomic E-state index is 0.468. The lowest BCUT2D eigenvalue weighted by Gasteiger charge is -2.34. The molecule has 1 aliphatic heterocycles. The van der Waals surface area contributed by atoms with Crippen LogP contribution < -0.4 is 10.2 Å². The van der Waals surface area contributed by atoms with E-state index in [1.807, 2.05) is 18.7 Å². The van der Waals surface area contributed by atoms with Crippen molar-refractivity contribution in [1.82, 2.24) is 9.97 Å². The van der Waals surface area contributed by atoms with Gasteiger partial charge in [0.05, 0.1) is 6.20 Å². The molecule has 1 fully saturated rings. The molecule has 0 aliphatic carbocycles. The van der Waals surface area contributed by atoms with Gasteiger partial charge >= 0.3 is 0 Å². The van der Waals surface area contributed by atoms with Crippen molar-refractivity contribution < 1.29 is 0 Å². The molecule has 2 heterocycles. The van der Waals surface area contributed by atoms with Crippen LogP contribution >= 0.6 is 23.4 Å². The lowest BCUT2D eigenvalue weighted by Crippen LogP contribution is -2.41. The molecule has 1 aromatic heterocycles. The van der Waals surface area contributed by atoms with Crippen LogP contribution in [0.2, 0.25) is 5.02 Å². The second-order valence-corrected chi connectivity index (χ2v) is 5.57. The van der Waals surface area contributed by atoms with E-state index in [-0.39, 0.29) is 0 Å². The van der Waals surface area contributed by atoms with E-state index in [2.05, 4.69) is 27.1 Å². The molecule has 1 atom stereocenters. The smallest absolute Gasteiger partial charge is 0.224 e. The molecule has 1 unspecified atom stereocenters. The van der Waals surface area contributed by atoms with Crippen molar-refractivity contribution in [3.05, 3.63) is 11.2 Å². The highest BCUT2D eigenvalue weighted by Gasteiger charge is 2.22. The second-order valence-electron chi connectivity index (χ2n) is 4.01. The number of nitrogens with zero attached hydrogens (tertiary/aromatic N) is 3. The number of anilines is 2. The summed E-state index contributed by atoms with van der Waals surface area (Å²) in [4.78, 5) is 10.9. The molecule has 2 rings (SSSR count). The highest BCUT2D eigenvalue weighted by molar-refractivity contribution is 7.99. The Hall–Kier alpha value is -0.680. The van der Waals surface area contributed by atoms with E-state index in [9.17, 15) is 0 Å². The zero-order valence-corrected chi connectivity index (χ0v) is 11.7. The van der Waals surface area contributed by atoms with Crippen molar-refractivity contribution in [3.63, 3.8) is 0 Å². The Morgan fingerprint density at radius 1 is 1.65 bits per heavy atom. The molecule has 0 bridgehead atoms. The first kappa shape index (κ1) is 12.8. The van der Waals surface area contributed by atoms with Gasteiger partial charge in [-0.2, -0.15) is 16.7 Å². The predicted octanol–water partition coefficient (Wildman–Crippen LogP) is 2.50. The summed E-state index contributed by atoms with van der Waals surface area (Å²) in [5.41, 5.74) is 0. The standard InChI is InChI=1S/C11H17ClN4S/c1-3-13-11-14-6-9(12)10(15-11)16-4-5-17-7-8(16)2/h6,8H,3-5,7H2,1-2H3,(H,13,14,15). The molecule has 17 heavy (non-hydrogen) atoms. The summed E-state index contributed by atoms with van der Waals surface area (Å²) in [7, 11) is 0. The van der Waals surface area contributed by atoms with Crippen LogP contribution in [0, 0.1) is 0 Å². The molecular weight excluding hydrogens is 256 g/mol. The molecule has 1 saturated heterocycles. The molecule has 0 amide bonds. The van der Waals surface area contributed by atoms with Gasteiger partial charge in [-0.1, -0.05) is 11.6 Å². The van der Waals surface area contributed by atoms with E-state index in [0.29, 0.717) is 17.0 Å². The number of aromatic nitrogens is 2. The lowest BCUT2D eigenvalue weighted by atomic mass is 10.3. The van der Waals surface area contributed by atoms with Crippen LogP contribution in [0.5, 0.6) is 0 Å². The zero-order valence-electron chi connectivity index (χ0n) is 10.1. The molecule has 6 heteroatoms. The highest BCUT2D eigenvalue weighted by atomic mass is 35.5. The van der Waals surface area contributed by atoms with Gasteiger partial charge in [0, 0.05) is 30.6 Å². The zero-order chi connectivity index (χ0) is 12.3. The van der Waals surface area contributed by atoms with Gasteiger partial charge in [-0.05, 0) is 13.8 Å². The third-order valence-electron chi connectivity index (χ3n) is 2.70. The van der Waals surface area contributed by atoms with Crippen LogP contribution in [-0.4, -0.2) is 40.6 Å². The van der Waals surface area contributed by atoms with Gasteiger partial charge in [-0.15, -0.1) is 0 Å². The molecule has 0 aromatic carbocycles. The first-order valence-corrected chi connectivity index (χ1v) is 7.36. The van der Waals surface area contributed by atoms with Crippen molar-refractivity contribution in [2.45, 2.75) is 19.9 Å². The van der Waals surface area contributed by atoms with Crippen LogP contribution in [0.1, 0.15) is 13.8 Å². The summed E-state index contributed by atoms with van der Waals surface area (Å²) in [6, 6.07) is 0.468. The van der Waals surface area contributed by atoms with Crippen LogP contribution in [0.15, 0.2) is 6.20 Å². The molecule has 1 N–H and O–H groups in total.